The molecule has 1 N–H and O–H groups in total. The van der Waals surface area contributed by atoms with Gasteiger partial charge in [0.2, 0.25) is 0 Å². The Kier molecular flexibility index (Phi) is 7.68. The van der Waals surface area contributed by atoms with Gasteiger partial charge in [-0.15, -0.1) is 0 Å². The van der Waals surface area contributed by atoms with Gasteiger partial charge in [-0.3, -0.25) is 0 Å². The Hall–Kier alpha value is -1.02. The topological polar surface area (TPSA) is 13.7 Å². The molecule has 1 unspecified atom stereocenters. The van der Waals surface area contributed by atoms with Crippen LogP contribution in [-0.4, -0.2) is 26.7 Å². The third kappa shape index (κ3) is 5.96. The molecule has 0 saturated heterocycles. The lowest BCUT2D eigenvalue weighted by atomic mass is 10.0. The molecule has 1 aromatic carbocycles. The summed E-state index contributed by atoms with van der Waals surface area (Å²) in [6, 6.07) is 6.54. The summed E-state index contributed by atoms with van der Waals surface area (Å²) >= 11 is 0. The van der Waals surface area contributed by atoms with Crippen LogP contribution in [0.1, 0.15) is 57.1 Å². The second kappa shape index (κ2) is 9.02. The van der Waals surface area contributed by atoms with Crippen LogP contribution in [0.4, 0.5) is 0 Å². The molecule has 0 spiro atoms. The molecule has 2 nitrogen and oxygen atoms in total. The predicted molar refractivity (Wildman–Crippen MR) is 86.9 cm³/mol. The van der Waals surface area contributed by atoms with Crippen molar-refractivity contribution >= 4 is 0 Å². The molecule has 1 atom stereocenters. The van der Waals surface area contributed by atoms with Crippen molar-refractivity contribution in [3.63, 3.8) is 0 Å². The van der Waals surface area contributed by atoms with E-state index in [1.54, 1.807) is 4.90 Å². The van der Waals surface area contributed by atoms with Gasteiger partial charge < -0.3 is 9.64 Å². The summed E-state index contributed by atoms with van der Waals surface area (Å²) in [5.74, 6) is 1.59. The molecule has 20 heavy (non-hydrogen) atoms. The van der Waals surface area contributed by atoms with E-state index in [0.717, 1.165) is 18.8 Å². The maximum Gasteiger partial charge on any atom is 0.123 e. The molecule has 1 rings (SSSR count). The first-order chi connectivity index (χ1) is 9.54. The van der Waals surface area contributed by atoms with E-state index in [0.29, 0.717) is 5.92 Å². The first-order valence-electron chi connectivity index (χ1n) is 8.09. The summed E-state index contributed by atoms with van der Waals surface area (Å²) in [4.78, 5) is 1.61. The summed E-state index contributed by atoms with van der Waals surface area (Å²) in [7, 11) is 2.28. The number of benzene rings is 1. The van der Waals surface area contributed by atoms with Crippen molar-refractivity contribution in [2.45, 2.75) is 52.9 Å². The number of quaternary nitrogens is 1. The molecule has 0 radical (unpaired) electrons. The summed E-state index contributed by atoms with van der Waals surface area (Å²) in [6.45, 7) is 12.1. The first-order valence-corrected chi connectivity index (χ1v) is 8.09. The Morgan fingerprint density at radius 1 is 1.15 bits per heavy atom. The van der Waals surface area contributed by atoms with Crippen molar-refractivity contribution in [1.82, 2.24) is 0 Å². The molecule has 0 aliphatic rings. The number of rotatable bonds is 9. The van der Waals surface area contributed by atoms with Gasteiger partial charge in [0.1, 0.15) is 5.75 Å². The Balaban J connectivity index is 2.40. The Bertz CT molecular complexity index is 387. The monoisotopic (exact) mass is 278 g/mol. The quantitative estimate of drug-likeness (QED) is 0.685. The lowest BCUT2D eigenvalue weighted by molar-refractivity contribution is -0.880. The van der Waals surface area contributed by atoms with Crippen molar-refractivity contribution in [2.75, 3.05) is 26.7 Å². The van der Waals surface area contributed by atoms with E-state index < -0.39 is 0 Å². The molecule has 0 amide bonds. The van der Waals surface area contributed by atoms with Crippen LogP contribution in [0.3, 0.4) is 0 Å². The SMILES string of the molecule is CCCC[NH+](C)CCCOc1cc(C)ccc1C(C)C. The largest absolute Gasteiger partial charge is 0.493 e. The van der Waals surface area contributed by atoms with Crippen LogP contribution >= 0.6 is 0 Å². The van der Waals surface area contributed by atoms with Gasteiger partial charge in [0.15, 0.2) is 0 Å². The molecule has 0 fully saturated rings. The van der Waals surface area contributed by atoms with Crippen LogP contribution in [0.5, 0.6) is 5.75 Å². The fraction of sp³-hybridized carbons (Fsp3) is 0.667. The van der Waals surface area contributed by atoms with E-state index in [2.05, 4.69) is 52.9 Å². The summed E-state index contributed by atoms with van der Waals surface area (Å²) in [5.41, 5.74) is 2.59. The third-order valence-corrected chi connectivity index (χ3v) is 3.75. The first kappa shape index (κ1) is 17.0. The summed E-state index contributed by atoms with van der Waals surface area (Å²) < 4.78 is 6.02. The molecule has 0 aliphatic carbocycles. The lowest BCUT2D eigenvalue weighted by Gasteiger charge is -2.16. The fourth-order valence-corrected chi connectivity index (χ4v) is 2.40. The molecule has 114 valence electrons. The van der Waals surface area contributed by atoms with Crippen LogP contribution < -0.4 is 9.64 Å². The van der Waals surface area contributed by atoms with Crippen LogP contribution in [0.15, 0.2) is 18.2 Å². The van der Waals surface area contributed by atoms with Gasteiger partial charge in [-0.2, -0.15) is 0 Å². The average Bonchev–Trinajstić information content (AvgIpc) is 2.41. The normalized spacial score (nSPS) is 12.7. The molecule has 2 heteroatoms. The predicted octanol–water partition coefficient (Wildman–Crippen LogP) is 3.20. The van der Waals surface area contributed by atoms with Crippen molar-refractivity contribution in [1.29, 1.82) is 0 Å². The van der Waals surface area contributed by atoms with Gasteiger partial charge in [0, 0.05) is 6.42 Å². The number of unbranched alkanes of at least 4 members (excludes halogenated alkanes) is 1. The molecular formula is C18H32NO+. The van der Waals surface area contributed by atoms with Crippen molar-refractivity contribution in [3.8, 4) is 5.75 Å². The van der Waals surface area contributed by atoms with E-state index in [1.165, 1.54) is 37.1 Å². The number of aryl methyl sites for hydroxylation is 1. The second-order valence-electron chi connectivity index (χ2n) is 6.21. The highest BCUT2D eigenvalue weighted by Crippen LogP contribution is 2.27. The number of hydrogen-bond acceptors (Lipinski definition) is 1. The lowest BCUT2D eigenvalue weighted by Crippen LogP contribution is -3.09. The summed E-state index contributed by atoms with van der Waals surface area (Å²) in [6.07, 6.45) is 3.73. The van der Waals surface area contributed by atoms with Gasteiger partial charge in [0.25, 0.3) is 0 Å². The van der Waals surface area contributed by atoms with E-state index in [9.17, 15) is 0 Å². The Morgan fingerprint density at radius 3 is 2.50 bits per heavy atom. The van der Waals surface area contributed by atoms with Crippen molar-refractivity contribution in [2.24, 2.45) is 0 Å². The van der Waals surface area contributed by atoms with E-state index in [1.807, 2.05) is 0 Å². The minimum Gasteiger partial charge on any atom is -0.493 e. The number of nitrogens with one attached hydrogen (secondary N) is 1. The molecule has 0 aliphatic heterocycles. The maximum atomic E-state index is 6.02. The zero-order valence-corrected chi connectivity index (χ0v) is 14.0. The Labute approximate surface area is 125 Å². The molecule has 0 saturated carbocycles. The molecule has 0 bridgehead atoms. The molecule has 1 aromatic rings. The minimum atomic E-state index is 0.517. The highest BCUT2D eigenvalue weighted by atomic mass is 16.5. The standard InChI is InChI=1S/C18H31NO/c1-6-7-11-19(5)12-8-13-20-18-14-16(4)9-10-17(18)15(2)3/h9-10,14-15H,6-8,11-13H2,1-5H3/p+1. The van der Waals surface area contributed by atoms with Crippen LogP contribution in [0, 0.1) is 6.92 Å². The fourth-order valence-electron chi connectivity index (χ4n) is 2.40. The van der Waals surface area contributed by atoms with E-state index in [4.69, 9.17) is 4.74 Å². The maximum absolute atomic E-state index is 6.02. The molecular weight excluding hydrogens is 246 g/mol. The smallest absolute Gasteiger partial charge is 0.123 e. The zero-order valence-electron chi connectivity index (χ0n) is 14.0. The van der Waals surface area contributed by atoms with Crippen LogP contribution in [0.2, 0.25) is 0 Å². The van der Waals surface area contributed by atoms with Gasteiger partial charge in [-0.25, -0.2) is 0 Å². The molecule has 0 heterocycles. The van der Waals surface area contributed by atoms with E-state index >= 15 is 0 Å². The Morgan fingerprint density at radius 2 is 1.85 bits per heavy atom. The highest BCUT2D eigenvalue weighted by Gasteiger charge is 2.08. The third-order valence-electron chi connectivity index (χ3n) is 3.75. The van der Waals surface area contributed by atoms with Crippen molar-refractivity contribution in [3.05, 3.63) is 29.3 Å². The number of hydrogen-bond donors (Lipinski definition) is 1. The molecule has 0 aromatic heterocycles. The zero-order chi connectivity index (χ0) is 15.0. The highest BCUT2D eigenvalue weighted by molar-refractivity contribution is 5.39. The minimum absolute atomic E-state index is 0.517. The van der Waals surface area contributed by atoms with E-state index in [-0.39, 0.29) is 0 Å². The van der Waals surface area contributed by atoms with Gasteiger partial charge in [-0.05, 0) is 36.5 Å². The van der Waals surface area contributed by atoms with Gasteiger partial charge in [0.05, 0.1) is 26.7 Å². The van der Waals surface area contributed by atoms with Gasteiger partial charge in [-0.1, -0.05) is 39.3 Å². The second-order valence-corrected chi connectivity index (χ2v) is 6.21. The number of ether oxygens (including phenoxy) is 1. The average molecular weight is 278 g/mol. The van der Waals surface area contributed by atoms with Crippen molar-refractivity contribution < 1.29 is 9.64 Å². The van der Waals surface area contributed by atoms with Crippen LogP contribution in [0.25, 0.3) is 0 Å². The summed E-state index contributed by atoms with van der Waals surface area (Å²) in [5, 5.41) is 0. The van der Waals surface area contributed by atoms with Gasteiger partial charge >= 0.3 is 0 Å². The van der Waals surface area contributed by atoms with Crippen LogP contribution in [-0.2, 0) is 0 Å².